The van der Waals surface area contributed by atoms with E-state index in [1.54, 1.807) is 0 Å². The summed E-state index contributed by atoms with van der Waals surface area (Å²) in [6, 6.07) is -6.26. The van der Waals surface area contributed by atoms with E-state index in [-0.39, 0.29) is 132 Å². The topological polar surface area (TPSA) is 385 Å². The van der Waals surface area contributed by atoms with Crippen molar-refractivity contribution < 1.29 is 72.3 Å². The minimum Gasteiger partial charge on any atom is -0.480 e. The SMILES string of the molecule is CC(=O)SCC(=O)NCCOCCOCC(=O)CCCOCCOCC(=O)N[C@H](C(=O)N[C@@H](CCCCN)C(=O)N1CCC[C@H]1C(=O)C1CC[C@@H](C(=O)N[C@@H](CCCN=C(N)N)C(=O)O)N1)[C@@H](C)O. The number of unbranched alkanes of at least 4 members (excludes halogenated alkanes) is 1. The highest BCUT2D eigenvalue weighted by atomic mass is 32.2. The van der Waals surface area contributed by atoms with E-state index in [1.807, 2.05) is 0 Å². The first-order valence-electron chi connectivity index (χ1n) is 23.3. The van der Waals surface area contributed by atoms with Crippen LogP contribution in [-0.2, 0) is 62.1 Å². The zero-order valence-electron chi connectivity index (χ0n) is 39.7. The van der Waals surface area contributed by atoms with Crippen LogP contribution in [0.1, 0.15) is 84.5 Å². The average molecular weight is 1000 g/mol. The van der Waals surface area contributed by atoms with Gasteiger partial charge in [-0.1, -0.05) is 11.8 Å². The fraction of sp³-hybridized carbons (Fsp3) is 0.767. The quantitative estimate of drug-likeness (QED) is 0.0165. The Bertz CT molecular complexity index is 1710. The van der Waals surface area contributed by atoms with Crippen LogP contribution in [0.2, 0.25) is 0 Å². The van der Waals surface area contributed by atoms with Crippen LogP contribution < -0.4 is 43.8 Å². The molecule has 5 amide bonds. The van der Waals surface area contributed by atoms with E-state index in [4.69, 9.17) is 36.1 Å². The maximum Gasteiger partial charge on any atom is 0.326 e. The number of thioether (sulfide) groups is 1. The summed E-state index contributed by atoms with van der Waals surface area (Å²) < 4.78 is 21.5. The van der Waals surface area contributed by atoms with Gasteiger partial charge in [-0.3, -0.25) is 48.7 Å². The molecule has 0 radical (unpaired) electrons. The lowest BCUT2D eigenvalue weighted by atomic mass is 10.00. The third kappa shape index (κ3) is 25.0. The number of carbonyl (C=O) groups excluding carboxylic acids is 8. The van der Waals surface area contributed by atoms with E-state index < -0.39 is 78.6 Å². The van der Waals surface area contributed by atoms with Crippen LogP contribution in [0.15, 0.2) is 4.99 Å². The summed E-state index contributed by atoms with van der Waals surface area (Å²) in [4.78, 5) is 119. The lowest BCUT2D eigenvalue weighted by molar-refractivity contribution is -0.142. The molecule has 2 saturated heterocycles. The van der Waals surface area contributed by atoms with Crippen molar-refractivity contribution in [2.45, 2.75) is 127 Å². The van der Waals surface area contributed by atoms with Crippen molar-refractivity contribution in [1.82, 2.24) is 31.5 Å². The van der Waals surface area contributed by atoms with Crippen molar-refractivity contribution in [2.24, 2.45) is 22.2 Å². The summed E-state index contributed by atoms with van der Waals surface area (Å²) in [6.45, 7) is 4.24. The predicted molar refractivity (Wildman–Crippen MR) is 251 cm³/mol. The van der Waals surface area contributed by atoms with Gasteiger partial charge in [0.25, 0.3) is 0 Å². The molecule has 26 heteroatoms. The van der Waals surface area contributed by atoms with Gasteiger partial charge < -0.3 is 72.5 Å². The lowest BCUT2D eigenvalue weighted by Gasteiger charge is -2.31. The van der Waals surface area contributed by atoms with Crippen LogP contribution in [0.4, 0.5) is 0 Å². The molecule has 0 saturated carbocycles. The molecular formula is C43H74N10O15S. The maximum absolute atomic E-state index is 14.1. The number of Topliss-reactive ketones (excluding diaryl/α,β-unsaturated/α-hetero) is 2. The van der Waals surface area contributed by atoms with Crippen LogP contribution >= 0.6 is 11.8 Å². The number of nitrogens with two attached hydrogens (primary N) is 3. The number of hydrogen-bond donors (Lipinski definition) is 10. The van der Waals surface area contributed by atoms with Gasteiger partial charge in [-0.15, -0.1) is 0 Å². The Kier molecular flexibility index (Phi) is 30.1. The Morgan fingerprint density at radius 2 is 1.46 bits per heavy atom. The maximum atomic E-state index is 14.1. The number of nitrogens with one attached hydrogen (secondary N) is 5. The first-order chi connectivity index (χ1) is 32.9. The van der Waals surface area contributed by atoms with Crippen LogP contribution in [-0.4, -0.2) is 200 Å². The number of carboxylic acid groups (broad SMARTS) is 1. The molecule has 0 aromatic carbocycles. The first-order valence-corrected chi connectivity index (χ1v) is 24.3. The smallest absolute Gasteiger partial charge is 0.326 e. The zero-order valence-corrected chi connectivity index (χ0v) is 40.6. The molecule has 25 nitrogen and oxygen atoms in total. The number of aliphatic carboxylic acids is 1. The Balaban J connectivity index is 1.77. The number of rotatable bonds is 37. The molecule has 2 heterocycles. The number of hydrogen-bond acceptors (Lipinski definition) is 18. The third-order valence-corrected chi connectivity index (χ3v) is 11.6. The van der Waals surface area contributed by atoms with Crippen LogP contribution in [0.5, 0.6) is 0 Å². The number of likely N-dealkylation sites (tertiary alicyclic amines) is 1. The second-order valence-corrected chi connectivity index (χ2v) is 17.7. The molecule has 2 fully saturated rings. The van der Waals surface area contributed by atoms with Crippen molar-refractivity contribution in [2.75, 3.05) is 84.8 Å². The molecule has 392 valence electrons. The van der Waals surface area contributed by atoms with Gasteiger partial charge in [-0.25, -0.2) is 4.79 Å². The molecule has 2 aliphatic rings. The summed E-state index contributed by atoms with van der Waals surface area (Å²) in [6.07, 6.45) is 2.20. The predicted octanol–water partition coefficient (Wildman–Crippen LogP) is -3.42. The molecule has 2 rings (SSSR count). The van der Waals surface area contributed by atoms with E-state index in [0.717, 1.165) is 11.8 Å². The fourth-order valence-corrected chi connectivity index (χ4v) is 7.75. The van der Waals surface area contributed by atoms with Crippen LogP contribution in [0, 0.1) is 0 Å². The highest BCUT2D eigenvalue weighted by molar-refractivity contribution is 8.14. The third-order valence-electron chi connectivity index (χ3n) is 10.8. The molecule has 7 atom stereocenters. The highest BCUT2D eigenvalue weighted by Gasteiger charge is 2.43. The number of carboxylic acids is 1. The van der Waals surface area contributed by atoms with E-state index in [1.165, 1.54) is 18.7 Å². The van der Waals surface area contributed by atoms with E-state index in [9.17, 15) is 53.4 Å². The molecule has 0 spiro atoms. The largest absolute Gasteiger partial charge is 0.480 e. The first kappa shape index (κ1) is 60.3. The second kappa shape index (κ2) is 34.5. The van der Waals surface area contributed by atoms with Crippen molar-refractivity contribution >= 4 is 69.9 Å². The minimum absolute atomic E-state index is 0.0166. The number of ether oxygens (including phenoxy) is 4. The molecule has 13 N–H and O–H groups in total. The number of amides is 5. The van der Waals surface area contributed by atoms with E-state index in [2.05, 4.69) is 31.6 Å². The fourth-order valence-electron chi connectivity index (χ4n) is 7.31. The van der Waals surface area contributed by atoms with Gasteiger partial charge in [0.05, 0.1) is 63.0 Å². The summed E-state index contributed by atoms with van der Waals surface area (Å²) >= 11 is 0.924. The van der Waals surface area contributed by atoms with Crippen molar-refractivity contribution in [3.8, 4) is 0 Å². The van der Waals surface area contributed by atoms with Crippen LogP contribution in [0.3, 0.4) is 0 Å². The van der Waals surface area contributed by atoms with Gasteiger partial charge in [0.15, 0.2) is 22.6 Å². The standard InChI is InChI=1S/C43H74N10O15S/c1-27(54)37(52-35(57)25-68-23-20-65-18-7-8-29(56)24-67-22-21-66-19-16-47-36(58)26-69-28(2)55)40(61)50-32(9-3-4-14-44)41(62)53-17-6-11-34(53)38(59)30-12-13-31(49-30)39(60)51-33(42(63)64)10-5-15-48-43(45)46/h27,30-34,37,49,54H,3-26,44H2,1-2H3,(H,47,58)(H,50,61)(H,51,60)(H,52,57)(H,63,64)(H4,45,46,48)/t27-,30?,31+,32+,33+,34+,37+/m1/s1. The molecule has 1 unspecified atom stereocenters. The van der Waals surface area contributed by atoms with Gasteiger partial charge >= 0.3 is 5.97 Å². The number of nitrogens with zero attached hydrogens (tertiary/aromatic N) is 2. The van der Waals surface area contributed by atoms with Crippen LogP contribution in [0.25, 0.3) is 0 Å². The van der Waals surface area contributed by atoms with E-state index >= 15 is 0 Å². The molecule has 0 bridgehead atoms. The number of carbonyl (C=O) groups is 9. The highest BCUT2D eigenvalue weighted by Crippen LogP contribution is 2.25. The molecule has 2 aliphatic heterocycles. The number of aliphatic imine (C=N–C) groups is 1. The second-order valence-electron chi connectivity index (χ2n) is 16.5. The average Bonchev–Trinajstić information content (AvgIpc) is 4.01. The van der Waals surface area contributed by atoms with Gasteiger partial charge in [-0.05, 0) is 77.7 Å². The molecule has 0 aromatic rings. The molecule has 0 aliphatic carbocycles. The molecular weight excluding hydrogens is 929 g/mol. The Morgan fingerprint density at radius 3 is 2.13 bits per heavy atom. The number of ketones is 2. The van der Waals surface area contributed by atoms with Gasteiger partial charge in [-0.2, -0.15) is 0 Å². The van der Waals surface area contributed by atoms with Crippen molar-refractivity contribution in [3.63, 3.8) is 0 Å². The summed E-state index contributed by atoms with van der Waals surface area (Å²) in [7, 11) is 0. The summed E-state index contributed by atoms with van der Waals surface area (Å²) in [5.41, 5.74) is 16.3. The number of aliphatic hydroxyl groups excluding tert-OH is 1. The molecule has 69 heavy (non-hydrogen) atoms. The van der Waals surface area contributed by atoms with Gasteiger partial charge in [0.2, 0.25) is 29.5 Å². The Labute approximate surface area is 406 Å². The summed E-state index contributed by atoms with van der Waals surface area (Å²) in [5.74, 6) is -4.65. The van der Waals surface area contributed by atoms with Gasteiger partial charge in [0.1, 0.15) is 31.3 Å². The minimum atomic E-state index is -1.46. The van der Waals surface area contributed by atoms with E-state index in [0.29, 0.717) is 45.1 Å². The Hall–Kier alpha value is -4.83. The van der Waals surface area contributed by atoms with Gasteiger partial charge in [0, 0.05) is 39.6 Å². The Morgan fingerprint density at radius 1 is 0.797 bits per heavy atom. The summed E-state index contributed by atoms with van der Waals surface area (Å²) in [5, 5.41) is 33.2. The van der Waals surface area contributed by atoms with Crippen molar-refractivity contribution in [1.29, 1.82) is 0 Å². The number of guanidine groups is 1. The van der Waals surface area contributed by atoms with Crippen molar-refractivity contribution in [3.05, 3.63) is 0 Å². The molecule has 0 aromatic heterocycles. The monoisotopic (exact) mass is 1000 g/mol. The normalized spacial score (nSPS) is 18.3. The lowest BCUT2D eigenvalue weighted by Crippen LogP contribution is -2.59. The number of aliphatic hydroxyl groups is 1. The zero-order chi connectivity index (χ0) is 51.1.